The molecule has 0 aromatic heterocycles. The molecule has 0 unspecified atom stereocenters. The first kappa shape index (κ1) is 16.7. The van der Waals surface area contributed by atoms with Crippen LogP contribution in [0.1, 0.15) is 11.1 Å². The number of guanidine groups is 1. The largest absolute Gasteiger partial charge is 0.497 e. The highest BCUT2D eigenvalue weighted by Gasteiger charge is 2.05. The first-order valence-electron chi connectivity index (χ1n) is 7.47. The minimum Gasteiger partial charge on any atom is -0.497 e. The minimum atomic E-state index is 0.378. The molecule has 2 rings (SSSR count). The fourth-order valence-electron chi connectivity index (χ4n) is 2.28. The maximum Gasteiger partial charge on any atom is 0.193 e. The normalized spacial score (nSPS) is 11.2. The Kier molecular flexibility index (Phi) is 5.46. The molecule has 0 saturated heterocycles. The highest BCUT2D eigenvalue weighted by molar-refractivity contribution is 5.92. The Labute approximate surface area is 137 Å². The van der Waals surface area contributed by atoms with Gasteiger partial charge in [-0.25, -0.2) is 4.99 Å². The second-order valence-corrected chi connectivity index (χ2v) is 5.59. The van der Waals surface area contributed by atoms with Crippen molar-refractivity contribution in [3.8, 4) is 5.75 Å². The Morgan fingerprint density at radius 3 is 2.70 bits per heavy atom. The predicted octanol–water partition coefficient (Wildman–Crippen LogP) is 3.00. The maximum atomic E-state index is 5.99. The van der Waals surface area contributed by atoms with E-state index in [0.717, 1.165) is 22.7 Å². The van der Waals surface area contributed by atoms with E-state index in [-0.39, 0.29) is 0 Å². The van der Waals surface area contributed by atoms with Crippen molar-refractivity contribution < 1.29 is 4.74 Å². The van der Waals surface area contributed by atoms with Gasteiger partial charge in [-0.2, -0.15) is 0 Å². The van der Waals surface area contributed by atoms with Crippen molar-refractivity contribution in [2.24, 2.45) is 10.7 Å². The van der Waals surface area contributed by atoms with E-state index in [1.807, 2.05) is 38.4 Å². The molecule has 0 spiro atoms. The van der Waals surface area contributed by atoms with Gasteiger partial charge in [0.25, 0.3) is 0 Å². The van der Waals surface area contributed by atoms with Crippen molar-refractivity contribution in [1.82, 2.24) is 0 Å². The summed E-state index contributed by atoms with van der Waals surface area (Å²) < 4.78 is 5.19. The van der Waals surface area contributed by atoms with Crippen LogP contribution >= 0.6 is 0 Å². The van der Waals surface area contributed by atoms with Gasteiger partial charge < -0.3 is 20.7 Å². The number of anilines is 2. The quantitative estimate of drug-likeness (QED) is 0.658. The predicted molar refractivity (Wildman–Crippen MR) is 97.4 cm³/mol. The fraction of sp³-hybridized carbons (Fsp3) is 0.278. The molecular formula is C18H24N4O. The maximum absolute atomic E-state index is 5.99. The summed E-state index contributed by atoms with van der Waals surface area (Å²) in [6, 6.07) is 13.9. The van der Waals surface area contributed by atoms with Gasteiger partial charge in [0.2, 0.25) is 0 Å². The first-order chi connectivity index (χ1) is 11.0. The third-order valence-electron chi connectivity index (χ3n) is 3.48. The molecule has 0 radical (unpaired) electrons. The Morgan fingerprint density at radius 2 is 2.00 bits per heavy atom. The molecule has 0 bridgehead atoms. The number of nitrogens with zero attached hydrogens (tertiary/aromatic N) is 2. The highest BCUT2D eigenvalue weighted by Crippen LogP contribution is 2.21. The molecule has 5 heteroatoms. The molecule has 0 atom stereocenters. The summed E-state index contributed by atoms with van der Waals surface area (Å²) in [5, 5.41) is 3.08. The fourth-order valence-corrected chi connectivity index (χ4v) is 2.28. The van der Waals surface area contributed by atoms with E-state index in [1.54, 1.807) is 7.11 Å². The van der Waals surface area contributed by atoms with E-state index in [2.05, 4.69) is 40.3 Å². The van der Waals surface area contributed by atoms with Gasteiger partial charge in [-0.15, -0.1) is 0 Å². The van der Waals surface area contributed by atoms with E-state index in [9.17, 15) is 0 Å². The van der Waals surface area contributed by atoms with Crippen LogP contribution in [0, 0.1) is 6.92 Å². The van der Waals surface area contributed by atoms with Crippen molar-refractivity contribution in [3.05, 3.63) is 53.6 Å². The lowest BCUT2D eigenvalue weighted by Gasteiger charge is -2.17. The summed E-state index contributed by atoms with van der Waals surface area (Å²) in [6.45, 7) is 2.61. The zero-order valence-corrected chi connectivity index (χ0v) is 14.1. The number of benzene rings is 2. The average Bonchev–Trinajstić information content (AvgIpc) is 2.53. The summed E-state index contributed by atoms with van der Waals surface area (Å²) in [5.74, 6) is 1.15. The summed E-state index contributed by atoms with van der Waals surface area (Å²) in [7, 11) is 5.69. The molecular weight excluding hydrogens is 288 g/mol. The molecule has 0 amide bonds. The van der Waals surface area contributed by atoms with Gasteiger partial charge in [-0.1, -0.05) is 18.2 Å². The molecule has 0 aliphatic heterocycles. The number of hydrogen-bond acceptors (Lipinski definition) is 3. The van der Waals surface area contributed by atoms with Crippen molar-refractivity contribution in [2.45, 2.75) is 13.5 Å². The Hall–Kier alpha value is -2.69. The number of nitrogens with two attached hydrogens (primary N) is 1. The van der Waals surface area contributed by atoms with Gasteiger partial charge in [0.05, 0.1) is 13.7 Å². The lowest BCUT2D eigenvalue weighted by molar-refractivity contribution is 0.415. The monoisotopic (exact) mass is 312 g/mol. The lowest BCUT2D eigenvalue weighted by Crippen LogP contribution is -2.22. The molecule has 2 aromatic rings. The molecule has 5 nitrogen and oxygen atoms in total. The van der Waals surface area contributed by atoms with Crippen molar-refractivity contribution in [3.63, 3.8) is 0 Å². The lowest BCUT2D eigenvalue weighted by atomic mass is 10.1. The van der Waals surface area contributed by atoms with Crippen molar-refractivity contribution in [1.29, 1.82) is 0 Å². The van der Waals surface area contributed by atoms with Crippen molar-refractivity contribution in [2.75, 3.05) is 31.4 Å². The summed E-state index contributed by atoms with van der Waals surface area (Å²) in [5.41, 5.74) is 10.4. The molecule has 122 valence electrons. The average molecular weight is 312 g/mol. The zero-order valence-electron chi connectivity index (χ0n) is 14.1. The number of aliphatic imine (C=N–C) groups is 1. The molecule has 0 heterocycles. The van der Waals surface area contributed by atoms with Gasteiger partial charge in [0.1, 0.15) is 5.75 Å². The molecule has 2 aromatic carbocycles. The Balaban J connectivity index is 2.10. The first-order valence-corrected chi connectivity index (χ1v) is 7.47. The van der Waals surface area contributed by atoms with Crippen LogP contribution in [-0.4, -0.2) is 27.2 Å². The molecule has 0 aliphatic carbocycles. The van der Waals surface area contributed by atoms with Crippen LogP contribution in [0.4, 0.5) is 11.4 Å². The van der Waals surface area contributed by atoms with Gasteiger partial charge >= 0.3 is 0 Å². The van der Waals surface area contributed by atoms with E-state index < -0.39 is 0 Å². The molecule has 3 N–H and O–H groups in total. The number of rotatable bonds is 5. The summed E-state index contributed by atoms with van der Waals surface area (Å²) >= 11 is 0. The smallest absolute Gasteiger partial charge is 0.193 e. The van der Waals surface area contributed by atoms with Gasteiger partial charge in [-0.05, 0) is 36.2 Å². The SMILES string of the molecule is COc1cccc(NC(N)=NCc2ccc(C)cc2N(C)C)c1. The topological polar surface area (TPSA) is 62.9 Å². The van der Waals surface area contributed by atoms with E-state index in [0.29, 0.717) is 12.5 Å². The number of ether oxygens (including phenoxy) is 1. The minimum absolute atomic E-state index is 0.378. The molecule has 23 heavy (non-hydrogen) atoms. The van der Waals surface area contributed by atoms with Gasteiger partial charge in [-0.3, -0.25) is 0 Å². The second-order valence-electron chi connectivity index (χ2n) is 5.59. The third-order valence-corrected chi connectivity index (χ3v) is 3.48. The van der Waals surface area contributed by atoms with Gasteiger partial charge in [0.15, 0.2) is 5.96 Å². The molecule has 0 saturated carbocycles. The summed E-state index contributed by atoms with van der Waals surface area (Å²) in [6.07, 6.45) is 0. The van der Waals surface area contributed by atoms with Crippen molar-refractivity contribution >= 4 is 17.3 Å². The number of hydrogen-bond donors (Lipinski definition) is 2. The summed E-state index contributed by atoms with van der Waals surface area (Å²) in [4.78, 5) is 6.52. The van der Waals surface area contributed by atoms with E-state index in [1.165, 1.54) is 5.56 Å². The highest BCUT2D eigenvalue weighted by atomic mass is 16.5. The van der Waals surface area contributed by atoms with Crippen LogP contribution in [0.15, 0.2) is 47.5 Å². The second kappa shape index (κ2) is 7.54. The standard InChI is InChI=1S/C18H24N4O/c1-13-8-9-14(17(10-13)22(2)3)12-20-18(19)21-15-6-5-7-16(11-15)23-4/h5-11H,12H2,1-4H3,(H3,19,20,21). The number of methoxy groups -OCH3 is 1. The van der Waals surface area contributed by atoms with Crippen LogP contribution in [-0.2, 0) is 6.54 Å². The van der Waals surface area contributed by atoms with E-state index >= 15 is 0 Å². The molecule has 0 fully saturated rings. The van der Waals surface area contributed by atoms with E-state index in [4.69, 9.17) is 10.5 Å². The van der Waals surface area contributed by atoms with Crippen LogP contribution in [0.2, 0.25) is 0 Å². The van der Waals surface area contributed by atoms with Crippen LogP contribution in [0.25, 0.3) is 0 Å². The Bertz CT molecular complexity index is 695. The zero-order chi connectivity index (χ0) is 16.8. The van der Waals surface area contributed by atoms with Gasteiger partial charge in [0, 0.05) is 31.5 Å². The number of nitrogens with one attached hydrogen (secondary N) is 1. The van der Waals surface area contributed by atoms with Crippen LogP contribution in [0.5, 0.6) is 5.75 Å². The van der Waals surface area contributed by atoms with Crippen LogP contribution in [0.3, 0.4) is 0 Å². The number of aryl methyl sites for hydroxylation is 1. The third kappa shape index (κ3) is 4.64. The van der Waals surface area contributed by atoms with Crippen LogP contribution < -0.4 is 20.7 Å². The molecule has 0 aliphatic rings. The Morgan fingerprint density at radius 1 is 1.22 bits per heavy atom.